The van der Waals surface area contributed by atoms with E-state index >= 15 is 0 Å². The molecule has 5 aromatic rings. The quantitative estimate of drug-likeness (QED) is 0.156. The molecule has 5 rings (SSSR count). The number of hydrogen-bond acceptors (Lipinski definition) is 0. The summed E-state index contributed by atoms with van der Waals surface area (Å²) in [4.78, 5) is 0. The summed E-state index contributed by atoms with van der Waals surface area (Å²) < 4.78 is 2.11. The molecule has 0 aliphatic rings. The molecular formula is C41H51ClZr. The van der Waals surface area contributed by atoms with Gasteiger partial charge in [-0.3, -0.25) is 0 Å². The van der Waals surface area contributed by atoms with Crippen molar-refractivity contribution >= 4 is 36.9 Å². The molecule has 0 aliphatic carbocycles. The third kappa shape index (κ3) is 9.22. The molecule has 0 radical (unpaired) electrons. The molecule has 0 atom stereocenters. The molecule has 0 unspecified atom stereocenters. The first-order chi connectivity index (χ1) is 19.7. The van der Waals surface area contributed by atoms with Crippen molar-refractivity contribution in [2.24, 2.45) is 0 Å². The third-order valence-corrected chi connectivity index (χ3v) is 8.84. The van der Waals surface area contributed by atoms with E-state index in [0.717, 1.165) is 5.02 Å². The van der Waals surface area contributed by atoms with Crippen LogP contribution in [0.25, 0.3) is 21.5 Å². The number of benzene rings is 3. The van der Waals surface area contributed by atoms with E-state index in [4.69, 9.17) is 11.6 Å². The van der Waals surface area contributed by atoms with Gasteiger partial charge in [-0.1, -0.05) is 117 Å². The average Bonchev–Trinajstić information content (AvgIpc) is 3.57. The molecular weight excluding hydrogens is 619 g/mol. The predicted molar refractivity (Wildman–Crippen MR) is 190 cm³/mol. The summed E-state index contributed by atoms with van der Waals surface area (Å²) in [6.45, 7) is 28.0. The van der Waals surface area contributed by atoms with Crippen LogP contribution in [0.5, 0.6) is 0 Å². The van der Waals surface area contributed by atoms with Crippen molar-refractivity contribution in [1.82, 2.24) is 0 Å². The summed E-state index contributed by atoms with van der Waals surface area (Å²) in [6, 6.07) is 30.1. The van der Waals surface area contributed by atoms with Gasteiger partial charge in [-0.25, -0.2) is 12.1 Å². The van der Waals surface area contributed by atoms with E-state index in [9.17, 15) is 0 Å². The number of fused-ring (bicyclic) bond motifs is 3. The van der Waals surface area contributed by atoms with Crippen molar-refractivity contribution in [3.63, 3.8) is 0 Å². The number of hydrogen-bond donors (Lipinski definition) is 0. The van der Waals surface area contributed by atoms with Crippen LogP contribution in [0.4, 0.5) is 0 Å². The van der Waals surface area contributed by atoms with Crippen LogP contribution in [0, 0.1) is 0 Å². The van der Waals surface area contributed by atoms with Gasteiger partial charge in [-0.05, 0) is 21.7 Å². The maximum atomic E-state index is 5.71. The standard InChI is InChI=1S/C29H41.C7H5Cl.C5H5.Zr/c1-26(2,3)22-14-18-13-19-15-23(27(4,5)6)25(29(10,11)12)17-21(19)20(18)16-24(22)28(7,8)9;1-6-3-2-4-7(8)5-6;1-2-4-5-3-1;/h13-17H,1-12H3;1-5H;1-5H;/q-1;;-1;+2. The summed E-state index contributed by atoms with van der Waals surface area (Å²) in [5.41, 5.74) is 7.61. The van der Waals surface area contributed by atoms with Crippen molar-refractivity contribution in [2.75, 3.05) is 0 Å². The first-order valence-corrected chi connectivity index (χ1v) is 17.2. The van der Waals surface area contributed by atoms with E-state index in [1.165, 1.54) is 73.6 Å². The summed E-state index contributed by atoms with van der Waals surface area (Å²) in [5, 5.41) is 6.38. The van der Waals surface area contributed by atoms with Crippen LogP contribution in [0.1, 0.15) is 111 Å². The molecule has 0 nitrogen and oxygen atoms in total. The van der Waals surface area contributed by atoms with Gasteiger partial charge in [-0.2, -0.15) is 18.2 Å². The first kappa shape index (κ1) is 35.4. The second-order valence-electron chi connectivity index (χ2n) is 15.8. The fourth-order valence-electron chi connectivity index (χ4n) is 5.50. The largest absolute Gasteiger partial charge is 0.214 e. The summed E-state index contributed by atoms with van der Waals surface area (Å²) in [5.74, 6) is 0. The van der Waals surface area contributed by atoms with Crippen LogP contribution >= 0.6 is 11.6 Å². The van der Waals surface area contributed by atoms with Crippen LogP contribution in [-0.4, -0.2) is 3.71 Å². The Kier molecular flexibility index (Phi) is 11.1. The molecule has 0 amide bonds. The van der Waals surface area contributed by atoms with Crippen molar-refractivity contribution in [3.05, 3.63) is 118 Å². The molecule has 2 heteroatoms. The second kappa shape index (κ2) is 13.5. The smallest absolute Gasteiger partial charge is 0.172 e. The molecule has 0 aliphatic heterocycles. The number of halogens is 1. The molecule has 5 aromatic carbocycles. The topological polar surface area (TPSA) is 0 Å². The molecule has 0 saturated carbocycles. The Bertz CT molecular complexity index is 1550. The Labute approximate surface area is 281 Å². The zero-order valence-corrected chi connectivity index (χ0v) is 31.8. The van der Waals surface area contributed by atoms with E-state index < -0.39 is 0 Å². The van der Waals surface area contributed by atoms with Gasteiger partial charge in [0, 0.05) is 0 Å². The monoisotopic (exact) mass is 668 g/mol. The molecule has 0 heterocycles. The van der Waals surface area contributed by atoms with E-state index in [2.05, 4.69) is 117 Å². The molecule has 0 bridgehead atoms. The van der Waals surface area contributed by atoms with E-state index in [1.54, 1.807) is 0 Å². The van der Waals surface area contributed by atoms with Crippen LogP contribution in [0.3, 0.4) is 0 Å². The molecule has 43 heavy (non-hydrogen) atoms. The SMILES string of the molecule is CC(C)(C)c1cc2[cH-]c3cc(C(C)(C)C)c(C(C)(C)C)cc3c2cc1C(C)(C)C.Clc1cccc([CH]=[Zr+2])c1.c1cc[cH-]c1. The maximum Gasteiger partial charge on any atom is -0.172 e. The fourth-order valence-corrected chi connectivity index (χ4v) is 6.14. The minimum atomic E-state index is 0.124. The Morgan fingerprint density at radius 3 is 1.23 bits per heavy atom. The summed E-state index contributed by atoms with van der Waals surface area (Å²) in [7, 11) is 0. The minimum Gasteiger partial charge on any atom is -0.214 e. The van der Waals surface area contributed by atoms with E-state index in [-0.39, 0.29) is 21.7 Å². The average molecular weight is 671 g/mol. The van der Waals surface area contributed by atoms with Gasteiger partial charge in [0.15, 0.2) is 0 Å². The first-order valence-electron chi connectivity index (χ1n) is 15.4. The van der Waals surface area contributed by atoms with Crippen LogP contribution in [-0.2, 0) is 45.9 Å². The van der Waals surface area contributed by atoms with Crippen LogP contribution < -0.4 is 0 Å². The Hall–Kier alpha value is -2.08. The van der Waals surface area contributed by atoms with E-state index in [1.807, 2.05) is 54.6 Å². The van der Waals surface area contributed by atoms with Gasteiger partial charge in [0.05, 0.1) is 0 Å². The van der Waals surface area contributed by atoms with Crippen molar-refractivity contribution in [2.45, 2.75) is 105 Å². The Morgan fingerprint density at radius 2 is 0.953 bits per heavy atom. The zero-order chi connectivity index (χ0) is 32.4. The minimum absolute atomic E-state index is 0.124. The summed E-state index contributed by atoms with van der Waals surface area (Å²) in [6.07, 6.45) is 0. The molecule has 0 fully saturated rings. The van der Waals surface area contributed by atoms with Gasteiger partial charge >= 0.3 is 74.4 Å². The summed E-state index contributed by atoms with van der Waals surface area (Å²) >= 11 is 7.12. The third-order valence-electron chi connectivity index (χ3n) is 7.78. The normalized spacial score (nSPS) is 12.4. The van der Waals surface area contributed by atoms with Gasteiger partial charge < -0.3 is 0 Å². The van der Waals surface area contributed by atoms with Crippen LogP contribution in [0.2, 0.25) is 5.02 Å². The second-order valence-corrected chi connectivity index (χ2v) is 16.9. The van der Waals surface area contributed by atoms with Gasteiger partial charge in [-0.15, -0.1) is 39.7 Å². The Balaban J connectivity index is 0.000000294. The van der Waals surface area contributed by atoms with E-state index in [0.29, 0.717) is 0 Å². The molecule has 0 N–H and O–H groups in total. The fraction of sp³-hybridized carbons (Fsp3) is 0.390. The molecule has 226 valence electrons. The Morgan fingerprint density at radius 1 is 0.558 bits per heavy atom. The zero-order valence-electron chi connectivity index (χ0n) is 28.5. The van der Waals surface area contributed by atoms with Crippen molar-refractivity contribution in [3.8, 4) is 0 Å². The number of rotatable bonds is 1. The van der Waals surface area contributed by atoms with Gasteiger partial charge in [0.1, 0.15) is 0 Å². The van der Waals surface area contributed by atoms with Gasteiger partial charge in [0.25, 0.3) is 0 Å². The van der Waals surface area contributed by atoms with Crippen molar-refractivity contribution < 1.29 is 24.2 Å². The maximum absolute atomic E-state index is 5.71. The molecule has 0 saturated heterocycles. The van der Waals surface area contributed by atoms with Gasteiger partial charge in [0.2, 0.25) is 0 Å². The predicted octanol–water partition coefficient (Wildman–Crippen LogP) is 12.3. The van der Waals surface area contributed by atoms with Crippen LogP contribution in [0.15, 0.2) is 84.9 Å². The molecule has 0 aromatic heterocycles. The molecule has 0 spiro atoms. The van der Waals surface area contributed by atoms with Crippen molar-refractivity contribution in [1.29, 1.82) is 0 Å².